The zero-order chi connectivity index (χ0) is 15.5. The molecule has 0 aliphatic carbocycles. The van der Waals surface area contributed by atoms with Gasteiger partial charge in [0.15, 0.2) is 11.4 Å². The molecule has 0 radical (unpaired) electrons. The summed E-state index contributed by atoms with van der Waals surface area (Å²) in [6.45, 7) is 1.00. The van der Waals surface area contributed by atoms with Gasteiger partial charge in [-0.25, -0.2) is 4.79 Å². The summed E-state index contributed by atoms with van der Waals surface area (Å²) in [5.74, 6) is -0.523. The number of likely N-dealkylation sites (N-methyl/N-ethyl adjacent to an activating group) is 1. The zero-order valence-electron chi connectivity index (χ0n) is 12.2. The van der Waals surface area contributed by atoms with Crippen molar-refractivity contribution in [3.05, 3.63) is 70.2 Å². The first-order chi connectivity index (χ1) is 10.6. The smallest absolute Gasteiger partial charge is 0.408 e. The van der Waals surface area contributed by atoms with Crippen LogP contribution in [0.15, 0.2) is 57.7 Å². The van der Waals surface area contributed by atoms with Crippen molar-refractivity contribution in [1.82, 2.24) is 9.88 Å². The fourth-order valence-electron chi connectivity index (χ4n) is 2.41. The van der Waals surface area contributed by atoms with Gasteiger partial charge >= 0.3 is 5.76 Å². The summed E-state index contributed by atoms with van der Waals surface area (Å²) < 4.78 is 4.98. The quantitative estimate of drug-likeness (QED) is 0.734. The van der Waals surface area contributed by atoms with Crippen LogP contribution in [0.25, 0.3) is 11.1 Å². The second kappa shape index (κ2) is 5.99. The molecule has 0 atom stereocenters. The minimum atomic E-state index is -0.513. The number of aromatic amines is 1. The van der Waals surface area contributed by atoms with Crippen molar-refractivity contribution < 1.29 is 9.21 Å². The summed E-state index contributed by atoms with van der Waals surface area (Å²) in [5.41, 5.74) is 2.70. The van der Waals surface area contributed by atoms with Crippen molar-refractivity contribution in [2.75, 3.05) is 13.6 Å². The number of H-pyrrole nitrogens is 1. The summed E-state index contributed by atoms with van der Waals surface area (Å²) in [7, 11) is 1.90. The number of aromatic nitrogens is 1. The van der Waals surface area contributed by atoms with E-state index in [9.17, 15) is 9.59 Å². The fourth-order valence-corrected chi connectivity index (χ4v) is 2.41. The highest BCUT2D eigenvalue weighted by Gasteiger charge is 2.12. The zero-order valence-corrected chi connectivity index (χ0v) is 12.2. The van der Waals surface area contributed by atoms with Crippen LogP contribution in [0.1, 0.15) is 15.9 Å². The van der Waals surface area contributed by atoms with Crippen LogP contribution in [-0.4, -0.2) is 29.3 Å². The summed E-state index contributed by atoms with van der Waals surface area (Å²) in [4.78, 5) is 28.0. The molecule has 0 spiro atoms. The van der Waals surface area contributed by atoms with Crippen molar-refractivity contribution >= 4 is 16.9 Å². The van der Waals surface area contributed by atoms with Gasteiger partial charge in [-0.15, -0.1) is 0 Å². The van der Waals surface area contributed by atoms with Gasteiger partial charge < -0.3 is 4.42 Å². The number of oxazole rings is 1. The Morgan fingerprint density at radius 2 is 1.95 bits per heavy atom. The van der Waals surface area contributed by atoms with Crippen molar-refractivity contribution in [2.45, 2.75) is 6.54 Å². The molecule has 112 valence electrons. The predicted octanol–water partition coefficient (Wildman–Crippen LogP) is 2.44. The molecule has 3 aromatic rings. The summed E-state index contributed by atoms with van der Waals surface area (Å²) in [5, 5.41) is 0. The normalized spacial score (nSPS) is 11.2. The highest BCUT2D eigenvalue weighted by Crippen LogP contribution is 2.13. The SMILES string of the molecule is CN(CC(=O)c1ccc2[nH]c(=O)oc2c1)Cc1ccccc1. The van der Waals surface area contributed by atoms with E-state index in [1.54, 1.807) is 18.2 Å². The minimum absolute atomic E-state index is 0.0100. The van der Waals surface area contributed by atoms with Gasteiger partial charge in [0.2, 0.25) is 0 Å². The van der Waals surface area contributed by atoms with Crippen molar-refractivity contribution in [3.8, 4) is 0 Å². The molecule has 0 aliphatic heterocycles. The van der Waals surface area contributed by atoms with Gasteiger partial charge in [0, 0.05) is 12.1 Å². The molecular formula is C17H16N2O3. The lowest BCUT2D eigenvalue weighted by Gasteiger charge is -2.15. The van der Waals surface area contributed by atoms with Gasteiger partial charge in [-0.1, -0.05) is 30.3 Å². The van der Waals surface area contributed by atoms with Crippen molar-refractivity contribution in [1.29, 1.82) is 0 Å². The first-order valence-corrected chi connectivity index (χ1v) is 7.00. The highest BCUT2D eigenvalue weighted by atomic mass is 16.4. The molecule has 5 nitrogen and oxygen atoms in total. The molecule has 3 rings (SSSR count). The Bertz CT molecular complexity index is 849. The van der Waals surface area contributed by atoms with Gasteiger partial charge in [0.1, 0.15) is 0 Å². The van der Waals surface area contributed by atoms with Crippen LogP contribution in [0.3, 0.4) is 0 Å². The maximum atomic E-state index is 12.3. The van der Waals surface area contributed by atoms with Crippen LogP contribution in [0.2, 0.25) is 0 Å². The van der Waals surface area contributed by atoms with Crippen LogP contribution in [0.5, 0.6) is 0 Å². The van der Waals surface area contributed by atoms with E-state index < -0.39 is 5.76 Å². The Balaban J connectivity index is 1.71. The lowest BCUT2D eigenvalue weighted by atomic mass is 10.1. The average molecular weight is 296 g/mol. The molecule has 0 saturated carbocycles. The number of rotatable bonds is 5. The first kappa shape index (κ1) is 14.3. The number of nitrogens with zero attached hydrogens (tertiary/aromatic N) is 1. The molecule has 2 aromatic carbocycles. The minimum Gasteiger partial charge on any atom is -0.408 e. The Hall–Kier alpha value is -2.66. The molecule has 0 saturated heterocycles. The topological polar surface area (TPSA) is 66.3 Å². The van der Waals surface area contributed by atoms with E-state index in [0.29, 0.717) is 29.8 Å². The summed E-state index contributed by atoms with van der Waals surface area (Å²) in [6, 6.07) is 15.0. The number of hydrogen-bond donors (Lipinski definition) is 1. The largest absolute Gasteiger partial charge is 0.417 e. The second-order valence-corrected chi connectivity index (χ2v) is 5.31. The fraction of sp³-hybridized carbons (Fsp3) is 0.176. The summed E-state index contributed by atoms with van der Waals surface area (Å²) >= 11 is 0. The lowest BCUT2D eigenvalue weighted by Crippen LogP contribution is -2.25. The van der Waals surface area contributed by atoms with Gasteiger partial charge in [-0.2, -0.15) is 0 Å². The molecule has 0 amide bonds. The number of benzene rings is 2. The molecule has 5 heteroatoms. The Labute approximate surface area is 127 Å². The summed E-state index contributed by atoms with van der Waals surface area (Å²) in [6.07, 6.45) is 0. The van der Waals surface area contributed by atoms with E-state index in [1.165, 1.54) is 0 Å². The average Bonchev–Trinajstić information content (AvgIpc) is 2.87. The first-order valence-electron chi connectivity index (χ1n) is 7.00. The Kier molecular flexibility index (Phi) is 3.89. The van der Waals surface area contributed by atoms with Gasteiger partial charge in [-0.3, -0.25) is 14.7 Å². The lowest BCUT2D eigenvalue weighted by molar-refractivity contribution is 0.0943. The highest BCUT2D eigenvalue weighted by molar-refractivity contribution is 5.99. The van der Waals surface area contributed by atoms with Crippen LogP contribution >= 0.6 is 0 Å². The number of fused-ring (bicyclic) bond motifs is 1. The standard InChI is InChI=1S/C17H16N2O3/c1-19(10-12-5-3-2-4-6-12)11-15(20)13-7-8-14-16(9-13)22-17(21)18-14/h2-9H,10-11H2,1H3,(H,18,21). The molecule has 0 unspecified atom stereocenters. The third-order valence-electron chi connectivity index (χ3n) is 3.45. The molecule has 1 aromatic heterocycles. The number of hydrogen-bond acceptors (Lipinski definition) is 4. The van der Waals surface area contributed by atoms with Gasteiger partial charge in [0.25, 0.3) is 0 Å². The van der Waals surface area contributed by atoms with Crippen molar-refractivity contribution in [3.63, 3.8) is 0 Å². The molecule has 1 N–H and O–H groups in total. The maximum Gasteiger partial charge on any atom is 0.417 e. The number of ketones is 1. The van der Waals surface area contributed by atoms with Crippen LogP contribution in [0, 0.1) is 0 Å². The number of Topliss-reactive ketones (excluding diaryl/α,β-unsaturated/α-hetero) is 1. The van der Waals surface area contributed by atoms with Crippen LogP contribution in [0.4, 0.5) is 0 Å². The Morgan fingerprint density at radius 3 is 2.73 bits per heavy atom. The van der Waals surface area contributed by atoms with Crippen LogP contribution in [-0.2, 0) is 6.54 Å². The molecular weight excluding hydrogens is 280 g/mol. The van der Waals surface area contributed by atoms with E-state index in [1.807, 2.05) is 42.3 Å². The number of carbonyl (C=O) groups excluding carboxylic acids is 1. The molecule has 0 aliphatic rings. The molecule has 22 heavy (non-hydrogen) atoms. The number of nitrogens with one attached hydrogen (secondary N) is 1. The van der Waals surface area contributed by atoms with E-state index >= 15 is 0 Å². The number of carbonyl (C=O) groups is 1. The monoisotopic (exact) mass is 296 g/mol. The van der Waals surface area contributed by atoms with E-state index in [4.69, 9.17) is 4.42 Å². The van der Waals surface area contributed by atoms with Crippen molar-refractivity contribution in [2.24, 2.45) is 0 Å². The predicted molar refractivity (Wildman–Crippen MR) is 83.9 cm³/mol. The van der Waals surface area contributed by atoms with E-state index in [0.717, 1.165) is 5.56 Å². The maximum absolute atomic E-state index is 12.3. The molecule has 0 fully saturated rings. The third kappa shape index (κ3) is 3.15. The van der Waals surface area contributed by atoms with Gasteiger partial charge in [-0.05, 0) is 30.8 Å². The van der Waals surface area contributed by atoms with Gasteiger partial charge in [0.05, 0.1) is 12.1 Å². The molecule has 0 bridgehead atoms. The molecule has 1 heterocycles. The van der Waals surface area contributed by atoms with E-state index in [-0.39, 0.29) is 5.78 Å². The third-order valence-corrected chi connectivity index (χ3v) is 3.45. The van der Waals surface area contributed by atoms with E-state index in [2.05, 4.69) is 4.98 Å². The second-order valence-electron chi connectivity index (χ2n) is 5.31. The van der Waals surface area contributed by atoms with Crippen LogP contribution < -0.4 is 5.76 Å². The Morgan fingerprint density at radius 1 is 1.18 bits per heavy atom.